The average molecular weight is 556 g/mol. The van der Waals surface area contributed by atoms with Crippen molar-refractivity contribution in [1.82, 2.24) is 15.2 Å². The number of amides is 1. The van der Waals surface area contributed by atoms with Gasteiger partial charge in [-0.3, -0.25) is 4.79 Å². The summed E-state index contributed by atoms with van der Waals surface area (Å²) < 4.78 is 5.11. The number of hydrogen-bond acceptors (Lipinski definition) is 6. The summed E-state index contributed by atoms with van der Waals surface area (Å²) in [6, 6.07) is 17.5. The molecule has 1 amide bonds. The summed E-state index contributed by atoms with van der Waals surface area (Å²) in [6.45, 7) is 1.27. The standard InChI is InChI=1S/C27H23Cl2N3O4S/c1-32(2)12-11-30-25(33)17-5-3-16(4-6-17)20-9-7-19(14-24(20)36-27(34)35)26-31-23(15-37-26)18-8-10-21(28)22(29)13-18/h3-10,13-15H,11-12H2,1-2H3,(H,30,33)(H,34,35). The molecule has 37 heavy (non-hydrogen) atoms. The first-order chi connectivity index (χ1) is 17.7. The van der Waals surface area contributed by atoms with Crippen molar-refractivity contribution in [2.24, 2.45) is 0 Å². The van der Waals surface area contributed by atoms with Gasteiger partial charge in [0, 0.05) is 40.7 Å². The lowest BCUT2D eigenvalue weighted by molar-refractivity contribution is 0.0951. The molecule has 0 radical (unpaired) electrons. The smallest absolute Gasteiger partial charge is 0.449 e. The number of ether oxygens (including phenoxy) is 1. The molecule has 0 bridgehead atoms. The molecule has 0 aliphatic heterocycles. The Balaban J connectivity index is 1.59. The molecule has 0 saturated carbocycles. The van der Waals surface area contributed by atoms with Crippen molar-refractivity contribution in [3.05, 3.63) is 81.7 Å². The number of nitrogens with one attached hydrogen (secondary N) is 1. The van der Waals surface area contributed by atoms with Crippen LogP contribution in [0.5, 0.6) is 5.75 Å². The zero-order valence-corrected chi connectivity index (χ0v) is 22.3. The third kappa shape index (κ3) is 6.67. The fraction of sp³-hybridized carbons (Fsp3) is 0.148. The minimum Gasteiger partial charge on any atom is -0.449 e. The van der Waals surface area contributed by atoms with Crippen LogP contribution in [0.3, 0.4) is 0 Å². The highest BCUT2D eigenvalue weighted by atomic mass is 35.5. The topological polar surface area (TPSA) is 91.8 Å². The number of hydrogen-bond donors (Lipinski definition) is 2. The van der Waals surface area contributed by atoms with Gasteiger partial charge in [0.15, 0.2) is 0 Å². The van der Waals surface area contributed by atoms with Crippen LogP contribution in [-0.4, -0.2) is 54.2 Å². The van der Waals surface area contributed by atoms with E-state index in [0.717, 1.165) is 17.8 Å². The zero-order valence-electron chi connectivity index (χ0n) is 20.0. The Bertz CT molecular complexity index is 1440. The molecule has 0 spiro atoms. The highest BCUT2D eigenvalue weighted by Crippen LogP contribution is 2.37. The Morgan fingerprint density at radius 1 is 0.973 bits per heavy atom. The number of nitrogens with zero attached hydrogens (tertiary/aromatic N) is 2. The summed E-state index contributed by atoms with van der Waals surface area (Å²) in [6.07, 6.45) is -1.43. The Hall–Kier alpha value is -3.43. The summed E-state index contributed by atoms with van der Waals surface area (Å²) >= 11 is 13.6. The summed E-state index contributed by atoms with van der Waals surface area (Å²) in [4.78, 5) is 30.5. The number of carbonyl (C=O) groups is 2. The molecule has 0 aliphatic carbocycles. The number of aromatic nitrogens is 1. The van der Waals surface area contributed by atoms with Crippen molar-refractivity contribution in [2.75, 3.05) is 27.2 Å². The van der Waals surface area contributed by atoms with Gasteiger partial charge in [-0.15, -0.1) is 11.3 Å². The second-order valence-corrected chi connectivity index (χ2v) is 10.1. The Morgan fingerprint density at radius 3 is 2.35 bits per heavy atom. The van der Waals surface area contributed by atoms with E-state index in [1.165, 1.54) is 11.3 Å². The maximum Gasteiger partial charge on any atom is 0.511 e. The van der Waals surface area contributed by atoms with Gasteiger partial charge >= 0.3 is 6.16 Å². The second-order valence-electron chi connectivity index (χ2n) is 8.38. The molecular weight excluding hydrogens is 533 g/mol. The predicted octanol–water partition coefficient (Wildman–Crippen LogP) is 6.80. The van der Waals surface area contributed by atoms with Crippen molar-refractivity contribution in [2.45, 2.75) is 0 Å². The molecule has 7 nitrogen and oxygen atoms in total. The van der Waals surface area contributed by atoms with E-state index in [2.05, 4.69) is 10.3 Å². The van der Waals surface area contributed by atoms with Gasteiger partial charge in [-0.1, -0.05) is 47.5 Å². The SMILES string of the molecule is CN(C)CCNC(=O)c1ccc(-c2ccc(-c3nc(-c4ccc(Cl)c(Cl)c4)cs3)cc2OC(=O)O)cc1. The van der Waals surface area contributed by atoms with Crippen molar-refractivity contribution in [3.63, 3.8) is 0 Å². The Labute approximate surface area is 228 Å². The minimum absolute atomic E-state index is 0.166. The Kier molecular flexibility index (Phi) is 8.45. The van der Waals surface area contributed by atoms with Gasteiger partial charge in [0.2, 0.25) is 0 Å². The maximum atomic E-state index is 12.4. The first-order valence-corrected chi connectivity index (χ1v) is 12.8. The molecule has 0 atom stereocenters. The van der Waals surface area contributed by atoms with Crippen molar-refractivity contribution in [3.8, 4) is 38.7 Å². The number of thiazole rings is 1. The number of benzene rings is 3. The average Bonchev–Trinajstić information content (AvgIpc) is 3.35. The lowest BCUT2D eigenvalue weighted by Crippen LogP contribution is -2.31. The van der Waals surface area contributed by atoms with Gasteiger partial charge in [0.25, 0.3) is 5.91 Å². The molecule has 4 aromatic rings. The number of rotatable bonds is 8. The van der Waals surface area contributed by atoms with E-state index in [0.29, 0.717) is 43.9 Å². The molecule has 10 heteroatoms. The van der Waals surface area contributed by atoms with Gasteiger partial charge in [-0.2, -0.15) is 0 Å². The quantitative estimate of drug-likeness (QED) is 0.183. The van der Waals surface area contributed by atoms with Crippen LogP contribution >= 0.6 is 34.5 Å². The fourth-order valence-electron chi connectivity index (χ4n) is 3.56. The lowest BCUT2D eigenvalue weighted by Gasteiger charge is -2.12. The van der Waals surface area contributed by atoms with Crippen LogP contribution in [0.15, 0.2) is 66.0 Å². The van der Waals surface area contributed by atoms with Crippen molar-refractivity contribution in [1.29, 1.82) is 0 Å². The van der Waals surface area contributed by atoms with Gasteiger partial charge in [-0.05, 0) is 56.1 Å². The highest BCUT2D eigenvalue weighted by Gasteiger charge is 2.15. The second kappa shape index (κ2) is 11.7. The van der Waals surface area contributed by atoms with E-state index < -0.39 is 6.16 Å². The van der Waals surface area contributed by atoms with Gasteiger partial charge in [-0.25, -0.2) is 9.78 Å². The van der Waals surface area contributed by atoms with Crippen LogP contribution in [0.1, 0.15) is 10.4 Å². The molecule has 1 aromatic heterocycles. The van der Waals surface area contributed by atoms with Crippen molar-refractivity contribution < 1.29 is 19.4 Å². The summed E-state index contributed by atoms with van der Waals surface area (Å²) in [7, 11) is 3.87. The molecule has 190 valence electrons. The molecule has 3 aromatic carbocycles. The van der Waals surface area contributed by atoms with Crippen LogP contribution in [0, 0.1) is 0 Å². The summed E-state index contributed by atoms with van der Waals surface area (Å²) in [5, 5.41) is 15.7. The Morgan fingerprint density at radius 2 is 1.68 bits per heavy atom. The van der Waals surface area contributed by atoms with Crippen LogP contribution in [0.4, 0.5) is 4.79 Å². The first kappa shape index (κ1) is 26.6. The van der Waals surface area contributed by atoms with Gasteiger partial charge in [0.1, 0.15) is 10.8 Å². The first-order valence-electron chi connectivity index (χ1n) is 11.2. The third-order valence-electron chi connectivity index (χ3n) is 5.45. The molecule has 0 unspecified atom stereocenters. The summed E-state index contributed by atoms with van der Waals surface area (Å²) in [5.74, 6) is -0.00761. The summed E-state index contributed by atoms with van der Waals surface area (Å²) in [5.41, 5.74) is 4.05. The normalized spacial score (nSPS) is 10.9. The molecule has 0 fully saturated rings. The number of likely N-dealkylation sites (N-methyl/N-ethyl adjacent to an activating group) is 1. The third-order valence-corrected chi connectivity index (χ3v) is 7.08. The molecule has 0 aliphatic rings. The van der Waals surface area contributed by atoms with E-state index in [1.807, 2.05) is 36.5 Å². The number of halogens is 2. The highest BCUT2D eigenvalue weighted by molar-refractivity contribution is 7.13. The van der Waals surface area contributed by atoms with E-state index >= 15 is 0 Å². The number of carbonyl (C=O) groups excluding carboxylic acids is 1. The van der Waals surface area contributed by atoms with Crippen LogP contribution in [0.2, 0.25) is 10.0 Å². The molecule has 0 saturated heterocycles. The molecule has 1 heterocycles. The van der Waals surface area contributed by atoms with Crippen LogP contribution in [-0.2, 0) is 0 Å². The molecule has 2 N–H and O–H groups in total. The van der Waals surface area contributed by atoms with Crippen LogP contribution < -0.4 is 10.1 Å². The van der Waals surface area contributed by atoms with E-state index in [-0.39, 0.29) is 11.7 Å². The van der Waals surface area contributed by atoms with Crippen LogP contribution in [0.25, 0.3) is 33.0 Å². The van der Waals surface area contributed by atoms with E-state index in [4.69, 9.17) is 27.9 Å². The minimum atomic E-state index is -1.43. The van der Waals surface area contributed by atoms with E-state index in [1.54, 1.807) is 48.5 Å². The van der Waals surface area contributed by atoms with Gasteiger partial charge in [0.05, 0.1) is 15.7 Å². The zero-order chi connectivity index (χ0) is 26.5. The monoisotopic (exact) mass is 555 g/mol. The van der Waals surface area contributed by atoms with E-state index in [9.17, 15) is 14.7 Å². The van der Waals surface area contributed by atoms with Gasteiger partial charge < -0.3 is 20.1 Å². The number of carboxylic acid groups (broad SMARTS) is 1. The maximum absolute atomic E-state index is 12.4. The molecule has 4 rings (SSSR count). The predicted molar refractivity (Wildman–Crippen MR) is 148 cm³/mol. The fourth-order valence-corrected chi connectivity index (χ4v) is 4.69. The molecular formula is C27H23Cl2N3O4S. The lowest BCUT2D eigenvalue weighted by atomic mass is 10.0. The largest absolute Gasteiger partial charge is 0.511 e. The van der Waals surface area contributed by atoms with Crippen molar-refractivity contribution >= 4 is 46.6 Å².